The number of carbonyl (C=O) groups is 1. The van der Waals surface area contributed by atoms with E-state index >= 15 is 0 Å². The number of fused-ring (bicyclic) bond motifs is 2. The molecule has 4 nitrogen and oxygen atoms in total. The maximum Gasteiger partial charge on any atom is 0.280 e. The molecule has 0 aliphatic carbocycles. The Morgan fingerprint density at radius 3 is 2.86 bits per heavy atom. The van der Waals surface area contributed by atoms with Gasteiger partial charge in [-0.25, -0.2) is 0 Å². The van der Waals surface area contributed by atoms with Crippen LogP contribution in [0.1, 0.15) is 5.56 Å². The van der Waals surface area contributed by atoms with Crippen LogP contribution in [0, 0.1) is 0 Å². The number of carbonyl (C=O) groups excluding carboxylic acids is 1. The lowest BCUT2D eigenvalue weighted by molar-refractivity contribution is -0.114. The SMILES string of the molecule is O=C1C2=Cc3ccccc3OCC2=NN1c1cccc(Cl)c1. The van der Waals surface area contributed by atoms with E-state index < -0.39 is 0 Å². The second-order valence-corrected chi connectivity index (χ2v) is 5.46. The minimum absolute atomic E-state index is 0.169. The molecule has 0 aromatic heterocycles. The van der Waals surface area contributed by atoms with Crippen LogP contribution >= 0.6 is 11.6 Å². The van der Waals surface area contributed by atoms with Crippen LogP contribution in [0.4, 0.5) is 5.69 Å². The zero-order valence-electron chi connectivity index (χ0n) is 11.5. The fourth-order valence-electron chi connectivity index (χ4n) is 2.52. The number of hydrogen-bond donors (Lipinski definition) is 0. The molecule has 0 spiro atoms. The molecule has 0 bridgehead atoms. The summed E-state index contributed by atoms with van der Waals surface area (Å²) < 4.78 is 5.73. The number of hydrogen-bond acceptors (Lipinski definition) is 3. The molecule has 5 heteroatoms. The average Bonchev–Trinajstić information content (AvgIpc) is 2.73. The van der Waals surface area contributed by atoms with Gasteiger partial charge >= 0.3 is 0 Å². The Kier molecular flexibility index (Phi) is 2.98. The number of anilines is 1. The van der Waals surface area contributed by atoms with Crippen LogP contribution in [0.25, 0.3) is 6.08 Å². The van der Waals surface area contributed by atoms with Crippen molar-refractivity contribution in [2.75, 3.05) is 11.6 Å². The summed E-state index contributed by atoms with van der Waals surface area (Å²) in [5, 5.41) is 6.32. The third kappa shape index (κ3) is 2.09. The number of nitrogens with zero attached hydrogens (tertiary/aromatic N) is 2. The second kappa shape index (κ2) is 5.00. The maximum atomic E-state index is 12.7. The van der Waals surface area contributed by atoms with E-state index in [-0.39, 0.29) is 12.5 Å². The highest BCUT2D eigenvalue weighted by Crippen LogP contribution is 2.31. The fourth-order valence-corrected chi connectivity index (χ4v) is 2.71. The minimum Gasteiger partial charge on any atom is -0.487 e. The van der Waals surface area contributed by atoms with Gasteiger partial charge in [0.05, 0.1) is 11.3 Å². The molecule has 2 aromatic rings. The van der Waals surface area contributed by atoms with Crippen molar-refractivity contribution in [2.45, 2.75) is 0 Å². The van der Waals surface area contributed by atoms with Crippen LogP contribution in [0.3, 0.4) is 0 Å². The summed E-state index contributed by atoms with van der Waals surface area (Å²) in [6.45, 7) is 0.269. The van der Waals surface area contributed by atoms with Crippen LogP contribution in [0.15, 0.2) is 59.2 Å². The summed E-state index contributed by atoms with van der Waals surface area (Å²) in [7, 11) is 0. The molecule has 0 fully saturated rings. The Hall–Kier alpha value is -2.59. The van der Waals surface area contributed by atoms with Crippen molar-refractivity contribution in [2.24, 2.45) is 5.10 Å². The maximum absolute atomic E-state index is 12.7. The fraction of sp³-hybridized carbons (Fsp3) is 0.0588. The third-order valence-corrected chi connectivity index (χ3v) is 3.83. The van der Waals surface area contributed by atoms with Crippen LogP contribution in [-0.4, -0.2) is 18.2 Å². The lowest BCUT2D eigenvalue weighted by Crippen LogP contribution is -2.21. The van der Waals surface area contributed by atoms with Gasteiger partial charge in [-0.1, -0.05) is 35.9 Å². The summed E-state index contributed by atoms with van der Waals surface area (Å²) in [6.07, 6.45) is 1.83. The van der Waals surface area contributed by atoms with E-state index in [1.807, 2.05) is 30.3 Å². The summed E-state index contributed by atoms with van der Waals surface area (Å²) in [5.74, 6) is 0.590. The van der Waals surface area contributed by atoms with E-state index in [9.17, 15) is 4.79 Å². The molecule has 2 aliphatic rings. The van der Waals surface area contributed by atoms with Gasteiger partial charge in [-0.2, -0.15) is 10.1 Å². The first-order chi connectivity index (χ1) is 10.7. The number of para-hydroxylation sites is 1. The standard InChI is InChI=1S/C17H11ClN2O2/c18-12-5-3-6-13(9-12)20-17(21)14-8-11-4-1-2-7-16(11)22-10-15(14)19-20/h1-9H,10H2. The first-order valence-electron chi connectivity index (χ1n) is 6.84. The van der Waals surface area contributed by atoms with Gasteiger partial charge < -0.3 is 4.74 Å². The van der Waals surface area contributed by atoms with Gasteiger partial charge in [-0.15, -0.1) is 0 Å². The molecule has 0 N–H and O–H groups in total. The van der Waals surface area contributed by atoms with E-state index in [1.165, 1.54) is 5.01 Å². The quantitative estimate of drug-likeness (QED) is 0.808. The predicted molar refractivity (Wildman–Crippen MR) is 86.3 cm³/mol. The van der Waals surface area contributed by atoms with Crippen LogP contribution < -0.4 is 9.75 Å². The lowest BCUT2D eigenvalue weighted by Gasteiger charge is -2.12. The molecule has 0 unspecified atom stereocenters. The molecule has 22 heavy (non-hydrogen) atoms. The van der Waals surface area contributed by atoms with Crippen molar-refractivity contribution in [1.82, 2.24) is 0 Å². The van der Waals surface area contributed by atoms with Crippen LogP contribution in [-0.2, 0) is 4.79 Å². The Bertz CT molecular complexity index is 842. The minimum atomic E-state index is -0.169. The molecule has 0 saturated carbocycles. The number of rotatable bonds is 1. The van der Waals surface area contributed by atoms with Crippen molar-refractivity contribution in [1.29, 1.82) is 0 Å². The molecule has 4 rings (SSSR count). The molecule has 2 heterocycles. The molecule has 108 valence electrons. The largest absolute Gasteiger partial charge is 0.487 e. The first kappa shape index (κ1) is 13.1. The van der Waals surface area contributed by atoms with E-state index in [1.54, 1.807) is 24.3 Å². The Balaban J connectivity index is 1.77. The van der Waals surface area contributed by atoms with Gasteiger partial charge in [0.2, 0.25) is 0 Å². The summed E-state index contributed by atoms with van der Waals surface area (Å²) in [5.41, 5.74) is 2.71. The van der Waals surface area contributed by atoms with Crippen molar-refractivity contribution in [3.63, 3.8) is 0 Å². The molecular weight excluding hydrogens is 300 g/mol. The topological polar surface area (TPSA) is 41.9 Å². The van der Waals surface area contributed by atoms with Crippen molar-refractivity contribution < 1.29 is 9.53 Å². The smallest absolute Gasteiger partial charge is 0.280 e. The predicted octanol–water partition coefficient (Wildman–Crippen LogP) is 3.52. The number of benzene rings is 2. The Morgan fingerprint density at radius 1 is 1.14 bits per heavy atom. The first-order valence-corrected chi connectivity index (χ1v) is 7.21. The van der Waals surface area contributed by atoms with E-state index in [2.05, 4.69) is 5.10 Å². The van der Waals surface area contributed by atoms with Gasteiger partial charge in [-0.05, 0) is 30.3 Å². The van der Waals surface area contributed by atoms with Gasteiger partial charge in [0.1, 0.15) is 18.1 Å². The highest BCUT2D eigenvalue weighted by Gasteiger charge is 2.33. The molecule has 0 saturated heterocycles. The highest BCUT2D eigenvalue weighted by molar-refractivity contribution is 6.34. The van der Waals surface area contributed by atoms with E-state index in [4.69, 9.17) is 16.3 Å². The second-order valence-electron chi connectivity index (χ2n) is 5.03. The summed E-state index contributed by atoms with van der Waals surface area (Å²) in [6, 6.07) is 14.7. The molecule has 0 radical (unpaired) electrons. The number of ether oxygens (including phenoxy) is 1. The van der Waals surface area contributed by atoms with Gasteiger partial charge in [0.15, 0.2) is 0 Å². The summed E-state index contributed by atoms with van der Waals surface area (Å²) >= 11 is 5.99. The van der Waals surface area contributed by atoms with Gasteiger partial charge in [-0.3, -0.25) is 4.79 Å². The molecule has 0 atom stereocenters. The monoisotopic (exact) mass is 310 g/mol. The third-order valence-electron chi connectivity index (χ3n) is 3.59. The number of amides is 1. The Labute approximate surface area is 132 Å². The number of halogens is 1. The van der Waals surface area contributed by atoms with Gasteiger partial charge in [0, 0.05) is 10.6 Å². The summed E-state index contributed by atoms with van der Waals surface area (Å²) in [4.78, 5) is 12.7. The molecule has 2 aromatic carbocycles. The van der Waals surface area contributed by atoms with Crippen LogP contribution in [0.2, 0.25) is 5.02 Å². The van der Waals surface area contributed by atoms with E-state index in [0.717, 1.165) is 11.3 Å². The van der Waals surface area contributed by atoms with Crippen molar-refractivity contribution in [3.05, 3.63) is 64.7 Å². The lowest BCUT2D eigenvalue weighted by atomic mass is 10.1. The van der Waals surface area contributed by atoms with E-state index in [0.29, 0.717) is 22.0 Å². The van der Waals surface area contributed by atoms with Crippen molar-refractivity contribution in [3.8, 4) is 5.75 Å². The zero-order chi connectivity index (χ0) is 15.1. The van der Waals surface area contributed by atoms with Gasteiger partial charge in [0.25, 0.3) is 5.91 Å². The number of hydrazone groups is 1. The molecule has 2 aliphatic heterocycles. The zero-order valence-corrected chi connectivity index (χ0v) is 12.2. The highest BCUT2D eigenvalue weighted by atomic mass is 35.5. The molecular formula is C17H11ClN2O2. The molecule has 1 amide bonds. The Morgan fingerprint density at radius 2 is 2.00 bits per heavy atom. The van der Waals surface area contributed by atoms with Crippen molar-refractivity contribution >= 4 is 35.0 Å². The normalized spacial score (nSPS) is 16.2. The van der Waals surface area contributed by atoms with Crippen LogP contribution in [0.5, 0.6) is 5.75 Å². The average molecular weight is 311 g/mol.